The first-order valence-corrected chi connectivity index (χ1v) is 11.5. The number of fused-ring (bicyclic) bond motifs is 2. The fourth-order valence-corrected chi connectivity index (χ4v) is 4.30. The van der Waals surface area contributed by atoms with Crippen LogP contribution in [0.15, 0.2) is 61.3 Å². The fraction of sp³-hybridized carbons (Fsp3) is 0.192. The van der Waals surface area contributed by atoms with Gasteiger partial charge in [0.2, 0.25) is 11.4 Å². The van der Waals surface area contributed by atoms with Gasteiger partial charge in [0.1, 0.15) is 43.2 Å². The van der Waals surface area contributed by atoms with Crippen LogP contribution in [0.1, 0.15) is 5.56 Å². The third-order valence-corrected chi connectivity index (χ3v) is 6.06. The molecule has 0 saturated carbocycles. The number of hydrogen-bond acceptors (Lipinski definition) is 8. The molecular formula is C26H24N7O3+. The molecule has 0 radical (unpaired) electrons. The lowest BCUT2D eigenvalue weighted by atomic mass is 10.1. The molecule has 0 unspecified atom stereocenters. The second kappa shape index (κ2) is 9.23. The number of anilines is 2. The number of methoxy groups -OCH3 is 1. The Kier molecular flexibility index (Phi) is 5.62. The number of pyridine rings is 1. The highest BCUT2D eigenvalue weighted by molar-refractivity contribution is 5.98. The summed E-state index contributed by atoms with van der Waals surface area (Å²) in [4.78, 5) is 13.2. The van der Waals surface area contributed by atoms with Crippen molar-refractivity contribution in [3.05, 3.63) is 66.9 Å². The van der Waals surface area contributed by atoms with Gasteiger partial charge in [-0.2, -0.15) is 9.67 Å². The third kappa shape index (κ3) is 4.07. The van der Waals surface area contributed by atoms with E-state index in [0.717, 1.165) is 45.8 Å². The Balaban J connectivity index is 1.32. The molecule has 0 saturated heterocycles. The van der Waals surface area contributed by atoms with Crippen molar-refractivity contribution in [2.24, 2.45) is 0 Å². The van der Waals surface area contributed by atoms with E-state index >= 15 is 0 Å². The van der Waals surface area contributed by atoms with Crippen molar-refractivity contribution in [2.75, 3.05) is 32.2 Å². The van der Waals surface area contributed by atoms with Gasteiger partial charge in [0.15, 0.2) is 18.4 Å². The second-order valence-corrected chi connectivity index (χ2v) is 8.32. The van der Waals surface area contributed by atoms with E-state index in [2.05, 4.69) is 29.9 Å². The Morgan fingerprint density at radius 1 is 1.06 bits per heavy atom. The van der Waals surface area contributed by atoms with Crippen LogP contribution in [0.5, 0.6) is 17.2 Å². The van der Waals surface area contributed by atoms with Gasteiger partial charge in [0, 0.05) is 24.0 Å². The van der Waals surface area contributed by atoms with Crippen LogP contribution in [0.3, 0.4) is 0 Å². The fourth-order valence-electron chi connectivity index (χ4n) is 4.30. The van der Waals surface area contributed by atoms with Crippen LogP contribution in [0.25, 0.3) is 16.6 Å². The van der Waals surface area contributed by atoms with Gasteiger partial charge in [-0.05, 0) is 42.8 Å². The zero-order valence-corrected chi connectivity index (χ0v) is 19.9. The first-order chi connectivity index (χ1) is 17.7. The Morgan fingerprint density at radius 3 is 2.83 bits per heavy atom. The number of rotatable bonds is 6. The minimum Gasteiger partial charge on any atom is -0.490 e. The van der Waals surface area contributed by atoms with E-state index < -0.39 is 0 Å². The van der Waals surface area contributed by atoms with Gasteiger partial charge >= 0.3 is 0 Å². The lowest BCUT2D eigenvalue weighted by molar-refractivity contribution is -0.450. The lowest BCUT2D eigenvalue weighted by Gasteiger charge is -2.15. The largest absolute Gasteiger partial charge is 0.490 e. The average Bonchev–Trinajstić information content (AvgIpc) is 3.38. The maximum absolute atomic E-state index is 6.11. The van der Waals surface area contributed by atoms with Crippen molar-refractivity contribution in [1.29, 1.82) is 0 Å². The molecule has 10 nitrogen and oxygen atoms in total. The van der Waals surface area contributed by atoms with Crippen molar-refractivity contribution in [3.8, 4) is 17.2 Å². The molecule has 0 spiro atoms. The summed E-state index contributed by atoms with van der Waals surface area (Å²) < 4.78 is 21.3. The van der Waals surface area contributed by atoms with Crippen LogP contribution in [0.4, 0.5) is 17.2 Å². The lowest BCUT2D eigenvalue weighted by Crippen LogP contribution is -2.23. The predicted octanol–water partition coefficient (Wildman–Crippen LogP) is 4.27. The maximum Gasteiger partial charge on any atom is 0.248 e. The quantitative estimate of drug-likeness (QED) is 0.358. The Bertz CT molecular complexity index is 1610. The number of nitrogens with zero attached hydrogens (tertiary/aromatic N) is 6. The van der Waals surface area contributed by atoms with Gasteiger partial charge in [-0.25, -0.2) is 19.5 Å². The number of hydrogen-bond donors (Lipinski definition) is 1. The van der Waals surface area contributed by atoms with Crippen molar-refractivity contribution in [1.82, 2.24) is 24.6 Å². The molecule has 0 aliphatic carbocycles. The first-order valence-electron chi connectivity index (χ1n) is 11.5. The minimum atomic E-state index is 0.568. The Labute approximate surface area is 206 Å². The molecule has 10 heteroatoms. The summed E-state index contributed by atoms with van der Waals surface area (Å²) in [6.45, 7) is 3.98. The van der Waals surface area contributed by atoms with E-state index in [1.165, 1.54) is 6.33 Å². The zero-order chi connectivity index (χ0) is 24.5. The topological polar surface area (TPSA) is 98.7 Å². The Morgan fingerprint density at radius 2 is 2.00 bits per heavy atom. The molecule has 1 N–H and O–H groups in total. The summed E-state index contributed by atoms with van der Waals surface area (Å²) in [7, 11) is 1.67. The summed E-state index contributed by atoms with van der Waals surface area (Å²) >= 11 is 0. The van der Waals surface area contributed by atoms with E-state index in [4.69, 9.17) is 14.2 Å². The highest BCUT2D eigenvalue weighted by atomic mass is 16.5. The van der Waals surface area contributed by atoms with Gasteiger partial charge in [0.25, 0.3) is 0 Å². The van der Waals surface area contributed by atoms with E-state index in [-0.39, 0.29) is 0 Å². The molecule has 3 aromatic heterocycles. The molecule has 1 aliphatic rings. The molecule has 180 valence electrons. The number of aryl methyl sites for hydroxylation is 1. The molecule has 36 heavy (non-hydrogen) atoms. The molecule has 4 heterocycles. The van der Waals surface area contributed by atoms with Crippen molar-refractivity contribution in [3.63, 3.8) is 0 Å². The van der Waals surface area contributed by atoms with Gasteiger partial charge in [-0.3, -0.25) is 0 Å². The number of benzene rings is 2. The van der Waals surface area contributed by atoms with Gasteiger partial charge in [0.05, 0.1) is 18.0 Å². The normalized spacial score (nSPS) is 13.6. The summed E-state index contributed by atoms with van der Waals surface area (Å²) in [5.74, 6) is 2.82. The molecule has 6 rings (SSSR count). The zero-order valence-electron chi connectivity index (χ0n) is 19.9. The van der Waals surface area contributed by atoms with Crippen LogP contribution in [-0.4, -0.2) is 62.2 Å². The third-order valence-electron chi connectivity index (χ3n) is 6.06. The maximum atomic E-state index is 6.11. The molecule has 0 bridgehead atoms. The van der Waals surface area contributed by atoms with Gasteiger partial charge < -0.3 is 19.5 Å². The van der Waals surface area contributed by atoms with Crippen LogP contribution < -0.4 is 14.8 Å². The van der Waals surface area contributed by atoms with Crippen molar-refractivity contribution < 1.29 is 18.8 Å². The second-order valence-electron chi connectivity index (χ2n) is 8.32. The number of aromatic nitrogens is 5. The van der Waals surface area contributed by atoms with E-state index in [1.54, 1.807) is 18.0 Å². The summed E-state index contributed by atoms with van der Waals surface area (Å²) in [5, 5.41) is 8.37. The average molecular weight is 483 g/mol. The molecule has 2 aromatic carbocycles. The SMILES string of the molecule is COc1c([N+]2=CCOCC2)ccc2ncnc(Nc3ccc(Oc4ccn5ncnc5c4)c(C)c3)c12. The first kappa shape index (κ1) is 21.9. The monoisotopic (exact) mass is 482 g/mol. The molecular weight excluding hydrogens is 458 g/mol. The molecule has 1 aliphatic heterocycles. The summed E-state index contributed by atoms with van der Waals surface area (Å²) in [5.41, 5.74) is 4.31. The molecule has 0 amide bonds. The van der Waals surface area contributed by atoms with Crippen LogP contribution in [-0.2, 0) is 4.74 Å². The smallest absolute Gasteiger partial charge is 0.248 e. The van der Waals surface area contributed by atoms with Crippen LogP contribution >= 0.6 is 0 Å². The minimum absolute atomic E-state index is 0.568. The van der Waals surface area contributed by atoms with Crippen LogP contribution in [0.2, 0.25) is 0 Å². The Hall–Kier alpha value is -4.57. The summed E-state index contributed by atoms with van der Waals surface area (Å²) in [6, 6.07) is 13.6. The summed E-state index contributed by atoms with van der Waals surface area (Å²) in [6.07, 6.45) is 6.90. The van der Waals surface area contributed by atoms with Crippen molar-refractivity contribution in [2.45, 2.75) is 6.92 Å². The van der Waals surface area contributed by atoms with E-state index in [9.17, 15) is 0 Å². The van der Waals surface area contributed by atoms with Gasteiger partial charge in [-0.15, -0.1) is 0 Å². The number of nitrogens with one attached hydrogen (secondary N) is 1. The van der Waals surface area contributed by atoms with Gasteiger partial charge in [-0.1, -0.05) is 0 Å². The van der Waals surface area contributed by atoms with E-state index in [0.29, 0.717) is 30.5 Å². The standard InChI is InChI=1S/C26H24N7O3/c1-17-13-18(3-6-22(17)36-19-7-8-33-23(14-19)28-16-30-33)31-26-24-20(27-15-29-26)4-5-21(25(24)34-2)32-9-11-35-12-10-32/h3-9,13-16H,10-12H2,1-2H3,(H,27,29,31)/q+1. The predicted molar refractivity (Wildman–Crippen MR) is 135 cm³/mol. The molecule has 5 aromatic rings. The molecule has 0 atom stereocenters. The van der Waals surface area contributed by atoms with E-state index in [1.807, 2.05) is 61.8 Å². The highest BCUT2D eigenvalue weighted by Crippen LogP contribution is 2.39. The molecule has 0 fully saturated rings. The number of ether oxygens (including phenoxy) is 3. The van der Waals surface area contributed by atoms with Crippen LogP contribution in [0, 0.1) is 6.92 Å². The van der Waals surface area contributed by atoms with Crippen molar-refractivity contribution >= 4 is 40.0 Å². The highest BCUT2D eigenvalue weighted by Gasteiger charge is 2.23.